The number of nitrogens with zero attached hydrogens (tertiary/aromatic N) is 3. The van der Waals surface area contributed by atoms with Crippen LogP contribution in [0.3, 0.4) is 0 Å². The number of carbonyl (C=O) groups excluding carboxylic acids is 2. The maximum absolute atomic E-state index is 12.8. The van der Waals surface area contributed by atoms with E-state index in [0.717, 1.165) is 34.9 Å². The lowest BCUT2D eigenvalue weighted by Crippen LogP contribution is -2.22. The molecule has 1 fully saturated rings. The Kier molecular flexibility index (Phi) is 6.16. The van der Waals surface area contributed by atoms with Crippen molar-refractivity contribution >= 4 is 45.7 Å². The predicted octanol–water partition coefficient (Wildman–Crippen LogP) is 5.10. The molecule has 4 rings (SSSR count). The number of urea groups is 1. The number of nitrogens with one attached hydrogen (secondary N) is 2. The molecule has 1 aliphatic rings. The highest BCUT2D eigenvalue weighted by Gasteiger charge is 2.26. The van der Waals surface area contributed by atoms with E-state index in [4.69, 9.17) is 0 Å². The first kappa shape index (κ1) is 19.5. The van der Waals surface area contributed by atoms with Gasteiger partial charge in [0.1, 0.15) is 5.03 Å². The van der Waals surface area contributed by atoms with Crippen LogP contribution in [0.2, 0.25) is 0 Å². The molecule has 2 N–H and O–H groups in total. The standard InChI is InChI=1S/C20H19N5O2S2/c26-18(13-5-1-2-6-13)14-8-10-21-11-15(14)24-19(27)25-20-23-12-17(29-20)28-16-7-3-4-9-22-16/h3-4,7-13H,1-2,5-6H2,(H2,23,24,25,27). The van der Waals surface area contributed by atoms with Crippen molar-refractivity contribution < 1.29 is 9.59 Å². The van der Waals surface area contributed by atoms with E-state index in [1.807, 2.05) is 18.2 Å². The lowest BCUT2D eigenvalue weighted by Gasteiger charge is -2.13. The van der Waals surface area contributed by atoms with E-state index in [1.54, 1.807) is 24.7 Å². The Morgan fingerprint density at radius 1 is 1.03 bits per heavy atom. The summed E-state index contributed by atoms with van der Waals surface area (Å²) in [6.45, 7) is 0. The summed E-state index contributed by atoms with van der Waals surface area (Å²) in [5.74, 6) is 0.106. The quantitative estimate of drug-likeness (QED) is 0.533. The lowest BCUT2D eigenvalue weighted by molar-refractivity contribution is 0.0923. The Hall–Kier alpha value is -2.78. The molecule has 0 aromatic carbocycles. The summed E-state index contributed by atoms with van der Waals surface area (Å²) in [6, 6.07) is 6.90. The highest BCUT2D eigenvalue weighted by molar-refractivity contribution is 8.01. The summed E-state index contributed by atoms with van der Waals surface area (Å²) in [5, 5.41) is 6.78. The number of hydrogen-bond donors (Lipinski definition) is 2. The van der Waals surface area contributed by atoms with Gasteiger partial charge in [0, 0.05) is 23.9 Å². The van der Waals surface area contributed by atoms with Gasteiger partial charge in [0.25, 0.3) is 0 Å². The molecule has 0 saturated heterocycles. The van der Waals surface area contributed by atoms with Crippen molar-refractivity contribution in [1.82, 2.24) is 15.0 Å². The molecule has 0 spiro atoms. The Morgan fingerprint density at radius 2 is 1.90 bits per heavy atom. The zero-order valence-corrected chi connectivity index (χ0v) is 17.1. The molecule has 9 heteroatoms. The fraction of sp³-hybridized carbons (Fsp3) is 0.250. The van der Waals surface area contributed by atoms with Crippen LogP contribution in [0.5, 0.6) is 0 Å². The van der Waals surface area contributed by atoms with Gasteiger partial charge in [-0.2, -0.15) is 0 Å². The first-order valence-corrected chi connectivity index (χ1v) is 10.9. The number of carbonyl (C=O) groups is 2. The SMILES string of the molecule is O=C(Nc1ncc(Sc2ccccn2)s1)Nc1cnccc1C(=O)C1CCCC1. The predicted molar refractivity (Wildman–Crippen MR) is 114 cm³/mol. The lowest BCUT2D eigenvalue weighted by atomic mass is 9.96. The van der Waals surface area contributed by atoms with Gasteiger partial charge in [-0.05, 0) is 31.0 Å². The van der Waals surface area contributed by atoms with Crippen molar-refractivity contribution in [3.8, 4) is 0 Å². The van der Waals surface area contributed by atoms with Gasteiger partial charge in [-0.1, -0.05) is 42.0 Å². The molecule has 7 nitrogen and oxygen atoms in total. The van der Waals surface area contributed by atoms with Crippen LogP contribution in [0.4, 0.5) is 15.6 Å². The van der Waals surface area contributed by atoms with E-state index in [2.05, 4.69) is 25.6 Å². The Balaban J connectivity index is 1.40. The van der Waals surface area contributed by atoms with Crippen LogP contribution in [0.15, 0.2) is 58.3 Å². The van der Waals surface area contributed by atoms with Crippen LogP contribution in [0.1, 0.15) is 36.0 Å². The molecule has 1 aliphatic carbocycles. The fourth-order valence-electron chi connectivity index (χ4n) is 3.24. The number of Topliss-reactive ketones (excluding diaryl/α,β-unsaturated/α-hetero) is 1. The van der Waals surface area contributed by atoms with Crippen molar-refractivity contribution in [3.05, 3.63) is 54.6 Å². The summed E-state index contributed by atoms with van der Waals surface area (Å²) in [7, 11) is 0. The van der Waals surface area contributed by atoms with Crippen LogP contribution >= 0.6 is 23.1 Å². The number of amides is 2. The second-order valence-corrected chi connectivity index (χ2v) is 8.95. The highest BCUT2D eigenvalue weighted by atomic mass is 32.2. The summed E-state index contributed by atoms with van der Waals surface area (Å²) in [4.78, 5) is 37.7. The molecular formula is C20H19N5O2S2. The summed E-state index contributed by atoms with van der Waals surface area (Å²) in [6.07, 6.45) is 10.5. The Labute approximate surface area is 176 Å². The number of aromatic nitrogens is 3. The van der Waals surface area contributed by atoms with E-state index >= 15 is 0 Å². The zero-order chi connectivity index (χ0) is 20.1. The third kappa shape index (κ3) is 4.99. The fourth-order valence-corrected chi connectivity index (χ4v) is 5.02. The molecule has 148 valence electrons. The molecule has 0 atom stereocenters. The first-order valence-electron chi connectivity index (χ1n) is 9.30. The van der Waals surface area contributed by atoms with E-state index in [9.17, 15) is 9.59 Å². The third-order valence-electron chi connectivity index (χ3n) is 4.61. The van der Waals surface area contributed by atoms with Crippen molar-refractivity contribution in [3.63, 3.8) is 0 Å². The maximum Gasteiger partial charge on any atom is 0.325 e. The number of thiazole rings is 1. The maximum atomic E-state index is 12.8. The summed E-state index contributed by atoms with van der Waals surface area (Å²) in [5.41, 5.74) is 0.925. The molecule has 3 aromatic rings. The van der Waals surface area contributed by atoms with Crippen molar-refractivity contribution in [2.24, 2.45) is 5.92 Å². The molecule has 3 aromatic heterocycles. The van der Waals surface area contributed by atoms with Crippen LogP contribution in [-0.4, -0.2) is 26.8 Å². The number of ketones is 1. The van der Waals surface area contributed by atoms with Crippen LogP contribution in [0, 0.1) is 5.92 Å². The average Bonchev–Trinajstić information content (AvgIpc) is 3.41. The minimum absolute atomic E-state index is 0.0335. The van der Waals surface area contributed by atoms with Gasteiger partial charge in [0.15, 0.2) is 10.9 Å². The minimum Gasteiger partial charge on any atom is -0.305 e. The van der Waals surface area contributed by atoms with Gasteiger partial charge in [-0.15, -0.1) is 0 Å². The van der Waals surface area contributed by atoms with Crippen molar-refractivity contribution in [2.75, 3.05) is 10.6 Å². The molecular weight excluding hydrogens is 406 g/mol. The van der Waals surface area contributed by atoms with E-state index in [0.29, 0.717) is 16.4 Å². The van der Waals surface area contributed by atoms with E-state index in [-0.39, 0.29) is 11.7 Å². The number of hydrogen-bond acceptors (Lipinski definition) is 7. The molecule has 0 unspecified atom stereocenters. The molecule has 1 saturated carbocycles. The van der Waals surface area contributed by atoms with Gasteiger partial charge in [0.05, 0.1) is 22.3 Å². The van der Waals surface area contributed by atoms with Gasteiger partial charge in [0.2, 0.25) is 0 Å². The topological polar surface area (TPSA) is 96.9 Å². The first-order chi connectivity index (χ1) is 14.2. The zero-order valence-electron chi connectivity index (χ0n) is 15.5. The van der Waals surface area contributed by atoms with Gasteiger partial charge in [-0.25, -0.2) is 14.8 Å². The van der Waals surface area contributed by atoms with Gasteiger partial charge in [-0.3, -0.25) is 15.1 Å². The van der Waals surface area contributed by atoms with Gasteiger partial charge < -0.3 is 5.32 Å². The minimum atomic E-state index is -0.456. The monoisotopic (exact) mass is 425 g/mol. The molecule has 29 heavy (non-hydrogen) atoms. The summed E-state index contributed by atoms with van der Waals surface area (Å²) < 4.78 is 0.914. The molecule has 3 heterocycles. The number of rotatable bonds is 6. The number of pyridine rings is 2. The largest absolute Gasteiger partial charge is 0.325 e. The van der Waals surface area contributed by atoms with Crippen LogP contribution in [0.25, 0.3) is 0 Å². The molecule has 0 radical (unpaired) electrons. The molecule has 0 aliphatic heterocycles. The second-order valence-electron chi connectivity index (χ2n) is 6.60. The smallest absolute Gasteiger partial charge is 0.305 e. The Bertz CT molecular complexity index is 1000. The highest BCUT2D eigenvalue weighted by Crippen LogP contribution is 2.33. The average molecular weight is 426 g/mol. The third-order valence-corrected chi connectivity index (χ3v) is 6.57. The van der Waals surface area contributed by atoms with Crippen LogP contribution < -0.4 is 10.6 Å². The van der Waals surface area contributed by atoms with Crippen LogP contribution in [-0.2, 0) is 0 Å². The van der Waals surface area contributed by atoms with E-state index in [1.165, 1.54) is 29.3 Å². The molecule has 0 bridgehead atoms. The molecule has 2 amide bonds. The Morgan fingerprint density at radius 3 is 2.69 bits per heavy atom. The normalized spacial score (nSPS) is 13.9. The van der Waals surface area contributed by atoms with E-state index < -0.39 is 6.03 Å². The van der Waals surface area contributed by atoms with Crippen molar-refractivity contribution in [1.29, 1.82) is 0 Å². The number of anilines is 2. The second kappa shape index (κ2) is 9.15. The summed E-state index contributed by atoms with van der Waals surface area (Å²) >= 11 is 2.83. The van der Waals surface area contributed by atoms with Crippen molar-refractivity contribution in [2.45, 2.75) is 34.9 Å². The van der Waals surface area contributed by atoms with Gasteiger partial charge >= 0.3 is 6.03 Å².